The number of unbranched alkanes of at least 4 members (excludes halogenated alkanes) is 3. The Bertz CT molecular complexity index is 363. The lowest BCUT2D eigenvalue weighted by Crippen LogP contribution is -1.98. The van der Waals surface area contributed by atoms with E-state index in [9.17, 15) is 8.78 Å². The van der Waals surface area contributed by atoms with Crippen molar-refractivity contribution in [1.82, 2.24) is 0 Å². The lowest BCUT2D eigenvalue weighted by atomic mass is 10.0. The molecule has 0 radical (unpaired) electrons. The van der Waals surface area contributed by atoms with Crippen LogP contribution in [0.1, 0.15) is 55.0 Å². The van der Waals surface area contributed by atoms with Crippen molar-refractivity contribution in [2.75, 3.05) is 0 Å². The second-order valence-electron chi connectivity index (χ2n) is 4.44. The first-order chi connectivity index (χ1) is 8.06. The molecule has 0 spiro atoms. The van der Waals surface area contributed by atoms with E-state index in [2.05, 4.69) is 22.9 Å². The first kappa shape index (κ1) is 14.6. The topological polar surface area (TPSA) is 0 Å². The van der Waals surface area contributed by atoms with Crippen LogP contribution in [0.5, 0.6) is 0 Å². The molecule has 3 heteroatoms. The molecule has 1 unspecified atom stereocenters. The molecule has 0 N–H and O–H groups in total. The highest BCUT2D eigenvalue weighted by atomic mass is 79.9. The monoisotopic (exact) mass is 304 g/mol. The van der Waals surface area contributed by atoms with Gasteiger partial charge < -0.3 is 0 Å². The van der Waals surface area contributed by atoms with Crippen LogP contribution in [-0.4, -0.2) is 0 Å². The van der Waals surface area contributed by atoms with Gasteiger partial charge in [0.1, 0.15) is 11.6 Å². The predicted molar refractivity (Wildman–Crippen MR) is 71.5 cm³/mol. The summed E-state index contributed by atoms with van der Waals surface area (Å²) in [6.07, 6.45) is 5.53. The van der Waals surface area contributed by atoms with Gasteiger partial charge in [-0.2, -0.15) is 0 Å². The summed E-state index contributed by atoms with van der Waals surface area (Å²) in [5.41, 5.74) is 1.07. The minimum absolute atomic E-state index is 0.0151. The van der Waals surface area contributed by atoms with Crippen LogP contribution in [0.4, 0.5) is 8.78 Å². The molecular weight excluding hydrogens is 286 g/mol. The van der Waals surface area contributed by atoms with Gasteiger partial charge in [-0.3, -0.25) is 0 Å². The van der Waals surface area contributed by atoms with Crippen molar-refractivity contribution in [2.24, 2.45) is 0 Å². The molecule has 0 amide bonds. The van der Waals surface area contributed by atoms with E-state index in [4.69, 9.17) is 0 Å². The molecular formula is C14H19BrF2. The Morgan fingerprint density at radius 3 is 2.47 bits per heavy atom. The van der Waals surface area contributed by atoms with Crippen LogP contribution in [0.2, 0.25) is 0 Å². The third-order valence-corrected chi connectivity index (χ3v) is 3.88. The number of halogens is 3. The Balaban J connectivity index is 2.62. The zero-order valence-corrected chi connectivity index (χ0v) is 12.0. The van der Waals surface area contributed by atoms with Gasteiger partial charge in [0.15, 0.2) is 0 Å². The minimum atomic E-state index is -0.475. The van der Waals surface area contributed by atoms with E-state index in [1.165, 1.54) is 19.3 Å². The second-order valence-corrected chi connectivity index (χ2v) is 5.55. The van der Waals surface area contributed by atoms with Gasteiger partial charge in [-0.1, -0.05) is 48.5 Å². The highest BCUT2D eigenvalue weighted by Gasteiger charge is 2.14. The van der Waals surface area contributed by atoms with E-state index < -0.39 is 11.6 Å². The number of rotatable bonds is 6. The number of alkyl halides is 1. The van der Waals surface area contributed by atoms with Gasteiger partial charge in [-0.15, -0.1) is 0 Å². The standard InChI is InChI=1S/C14H19BrF2/c1-3-4-5-6-7-12(15)11-8-10(2)13(16)9-14(11)17/h8-9,12H,3-7H2,1-2H3. The highest BCUT2D eigenvalue weighted by molar-refractivity contribution is 9.09. The molecule has 17 heavy (non-hydrogen) atoms. The Morgan fingerprint density at radius 1 is 1.12 bits per heavy atom. The molecule has 1 atom stereocenters. The summed E-state index contributed by atoms with van der Waals surface area (Å²) in [5.74, 6) is -0.928. The average molecular weight is 305 g/mol. The fourth-order valence-electron chi connectivity index (χ4n) is 1.83. The lowest BCUT2D eigenvalue weighted by molar-refractivity contribution is 0.557. The van der Waals surface area contributed by atoms with Crippen LogP contribution in [-0.2, 0) is 0 Å². The van der Waals surface area contributed by atoms with Crippen LogP contribution in [0, 0.1) is 18.6 Å². The molecule has 1 aromatic rings. The minimum Gasteiger partial charge on any atom is -0.207 e. The van der Waals surface area contributed by atoms with Crippen molar-refractivity contribution >= 4 is 15.9 Å². The quantitative estimate of drug-likeness (QED) is 0.468. The van der Waals surface area contributed by atoms with Crippen molar-refractivity contribution in [3.63, 3.8) is 0 Å². The van der Waals surface area contributed by atoms with E-state index in [-0.39, 0.29) is 4.83 Å². The van der Waals surface area contributed by atoms with Gasteiger partial charge in [0, 0.05) is 16.5 Å². The first-order valence-corrected chi connectivity index (χ1v) is 7.07. The zero-order chi connectivity index (χ0) is 12.8. The molecule has 1 rings (SSSR count). The molecule has 0 nitrogen and oxygen atoms in total. The molecule has 96 valence electrons. The van der Waals surface area contributed by atoms with E-state index in [1.807, 2.05) is 0 Å². The van der Waals surface area contributed by atoms with Gasteiger partial charge in [-0.25, -0.2) is 8.78 Å². The van der Waals surface area contributed by atoms with Crippen molar-refractivity contribution in [3.05, 3.63) is 34.9 Å². The molecule has 0 heterocycles. The summed E-state index contributed by atoms with van der Waals surface area (Å²) < 4.78 is 26.7. The summed E-state index contributed by atoms with van der Waals surface area (Å²) in [7, 11) is 0. The fourth-order valence-corrected chi connectivity index (χ4v) is 2.50. The van der Waals surface area contributed by atoms with Crippen molar-refractivity contribution in [1.29, 1.82) is 0 Å². The Labute approximate surface area is 111 Å². The molecule has 0 aliphatic heterocycles. The van der Waals surface area contributed by atoms with E-state index in [1.54, 1.807) is 13.0 Å². The first-order valence-electron chi connectivity index (χ1n) is 6.15. The SMILES string of the molecule is CCCCCCC(Br)c1cc(C)c(F)cc1F. The maximum atomic E-state index is 13.6. The highest BCUT2D eigenvalue weighted by Crippen LogP contribution is 2.31. The summed E-state index contributed by atoms with van der Waals surface area (Å²) in [4.78, 5) is -0.0151. The van der Waals surface area contributed by atoms with E-state index >= 15 is 0 Å². The molecule has 1 aromatic carbocycles. The lowest BCUT2D eigenvalue weighted by Gasteiger charge is -2.12. The third kappa shape index (κ3) is 4.38. The van der Waals surface area contributed by atoms with Gasteiger partial charge in [0.2, 0.25) is 0 Å². The van der Waals surface area contributed by atoms with Crippen LogP contribution >= 0.6 is 15.9 Å². The normalized spacial score (nSPS) is 12.8. The molecule has 0 aromatic heterocycles. The maximum absolute atomic E-state index is 13.6. The second kappa shape index (κ2) is 7.10. The van der Waals surface area contributed by atoms with Crippen molar-refractivity contribution in [2.45, 2.75) is 50.8 Å². The molecule has 0 saturated heterocycles. The number of hydrogen-bond acceptors (Lipinski definition) is 0. The molecule has 0 fully saturated rings. The van der Waals surface area contributed by atoms with Crippen LogP contribution in [0.15, 0.2) is 12.1 Å². The summed E-state index contributed by atoms with van der Waals surface area (Å²) in [6, 6.07) is 2.58. The fraction of sp³-hybridized carbons (Fsp3) is 0.571. The van der Waals surface area contributed by atoms with Gasteiger partial charge in [0.25, 0.3) is 0 Å². The Morgan fingerprint density at radius 2 is 1.82 bits per heavy atom. The Hall–Kier alpha value is -0.440. The molecule has 0 bridgehead atoms. The van der Waals surface area contributed by atoms with Crippen LogP contribution < -0.4 is 0 Å². The maximum Gasteiger partial charge on any atom is 0.130 e. The molecule has 0 saturated carbocycles. The van der Waals surface area contributed by atoms with Gasteiger partial charge >= 0.3 is 0 Å². The number of hydrogen-bond donors (Lipinski definition) is 0. The van der Waals surface area contributed by atoms with Crippen molar-refractivity contribution < 1.29 is 8.78 Å². The summed E-state index contributed by atoms with van der Waals surface area (Å²) in [6.45, 7) is 3.82. The summed E-state index contributed by atoms with van der Waals surface area (Å²) >= 11 is 3.49. The van der Waals surface area contributed by atoms with Crippen LogP contribution in [0.3, 0.4) is 0 Å². The van der Waals surface area contributed by atoms with E-state index in [0.717, 1.165) is 18.9 Å². The smallest absolute Gasteiger partial charge is 0.130 e. The van der Waals surface area contributed by atoms with Crippen LogP contribution in [0.25, 0.3) is 0 Å². The average Bonchev–Trinajstić information content (AvgIpc) is 2.29. The summed E-state index contributed by atoms with van der Waals surface area (Å²) in [5, 5.41) is 0. The third-order valence-electron chi connectivity index (χ3n) is 2.93. The van der Waals surface area contributed by atoms with Gasteiger partial charge in [-0.05, 0) is 25.0 Å². The largest absolute Gasteiger partial charge is 0.207 e. The van der Waals surface area contributed by atoms with Crippen molar-refractivity contribution in [3.8, 4) is 0 Å². The molecule has 0 aliphatic carbocycles. The predicted octanol–water partition coefficient (Wildman–Crippen LogP) is 5.68. The zero-order valence-electron chi connectivity index (χ0n) is 10.4. The van der Waals surface area contributed by atoms with Gasteiger partial charge in [0.05, 0.1) is 0 Å². The number of aryl methyl sites for hydroxylation is 1. The Kier molecular flexibility index (Phi) is 6.10. The van der Waals surface area contributed by atoms with E-state index in [0.29, 0.717) is 11.1 Å². The molecule has 0 aliphatic rings. The number of benzene rings is 1.